The molecular weight excluding hydrogens is 222 g/mol. The number of aliphatic carboxylic acids is 1. The minimum absolute atomic E-state index is 0.364. The Morgan fingerprint density at radius 1 is 1.59 bits per heavy atom. The van der Waals surface area contributed by atoms with Crippen molar-refractivity contribution in [3.8, 4) is 5.75 Å². The van der Waals surface area contributed by atoms with Gasteiger partial charge in [0.05, 0.1) is 20.3 Å². The third kappa shape index (κ3) is 2.68. The van der Waals surface area contributed by atoms with Crippen molar-refractivity contribution >= 4 is 11.7 Å². The summed E-state index contributed by atoms with van der Waals surface area (Å²) >= 11 is 0. The molecule has 5 nitrogen and oxygen atoms in total. The number of benzene rings is 1. The quantitative estimate of drug-likeness (QED) is 0.849. The first kappa shape index (κ1) is 11.7. The molecule has 0 radical (unpaired) electrons. The average Bonchev–Trinajstić information content (AvgIpc) is 2.39. The average molecular weight is 237 g/mol. The fourth-order valence-corrected chi connectivity index (χ4v) is 1.84. The van der Waals surface area contributed by atoms with Gasteiger partial charge in [0.15, 0.2) is 6.10 Å². The fourth-order valence-electron chi connectivity index (χ4n) is 1.84. The lowest BCUT2D eigenvalue weighted by Gasteiger charge is -2.32. The van der Waals surface area contributed by atoms with E-state index >= 15 is 0 Å². The number of hydrogen-bond acceptors (Lipinski definition) is 4. The molecule has 0 bridgehead atoms. The van der Waals surface area contributed by atoms with Gasteiger partial charge in [0.2, 0.25) is 0 Å². The SMILES string of the molecule is COc1cccc(N2CCO[C@@H](C(=O)O)C2)c1. The maximum atomic E-state index is 10.9. The molecule has 0 aliphatic carbocycles. The van der Waals surface area contributed by atoms with Crippen LogP contribution in [0.15, 0.2) is 24.3 Å². The van der Waals surface area contributed by atoms with Crippen LogP contribution in [0.5, 0.6) is 5.75 Å². The molecule has 0 saturated carbocycles. The highest BCUT2D eigenvalue weighted by Gasteiger charge is 2.26. The molecule has 1 N–H and O–H groups in total. The van der Waals surface area contributed by atoms with Gasteiger partial charge in [0.1, 0.15) is 5.75 Å². The third-order valence-corrected chi connectivity index (χ3v) is 2.76. The molecule has 1 aromatic carbocycles. The number of carboxylic acid groups (broad SMARTS) is 1. The van der Waals surface area contributed by atoms with Gasteiger partial charge < -0.3 is 19.5 Å². The molecule has 2 rings (SSSR count). The van der Waals surface area contributed by atoms with Crippen LogP contribution in [0.2, 0.25) is 0 Å². The first-order valence-corrected chi connectivity index (χ1v) is 5.44. The van der Waals surface area contributed by atoms with Gasteiger partial charge in [-0.1, -0.05) is 6.07 Å². The minimum atomic E-state index is -0.919. The second-order valence-electron chi connectivity index (χ2n) is 3.85. The van der Waals surface area contributed by atoms with Crippen molar-refractivity contribution in [3.63, 3.8) is 0 Å². The van der Waals surface area contributed by atoms with Gasteiger partial charge in [-0.2, -0.15) is 0 Å². The van der Waals surface area contributed by atoms with Gasteiger partial charge in [-0.3, -0.25) is 0 Å². The summed E-state index contributed by atoms with van der Waals surface area (Å²) in [4.78, 5) is 12.9. The molecule has 1 saturated heterocycles. The number of hydrogen-bond donors (Lipinski definition) is 1. The number of morpholine rings is 1. The number of carbonyl (C=O) groups is 1. The molecule has 0 unspecified atom stereocenters. The Balaban J connectivity index is 2.13. The van der Waals surface area contributed by atoms with E-state index in [2.05, 4.69) is 0 Å². The summed E-state index contributed by atoms with van der Waals surface area (Å²) in [5.74, 6) is -0.154. The lowest BCUT2D eigenvalue weighted by atomic mass is 10.2. The van der Waals surface area contributed by atoms with Crippen molar-refractivity contribution in [2.24, 2.45) is 0 Å². The van der Waals surface area contributed by atoms with E-state index in [4.69, 9.17) is 14.6 Å². The Bertz CT molecular complexity index is 407. The zero-order chi connectivity index (χ0) is 12.3. The molecule has 1 aliphatic heterocycles. The standard InChI is InChI=1S/C12H15NO4/c1-16-10-4-2-3-9(7-10)13-5-6-17-11(8-13)12(14)15/h2-4,7,11H,5-6,8H2,1H3,(H,14,15)/t11-/m1/s1. The summed E-state index contributed by atoms with van der Waals surface area (Å²) in [6.07, 6.45) is -0.755. The number of carboxylic acids is 1. The number of nitrogens with zero attached hydrogens (tertiary/aromatic N) is 1. The van der Waals surface area contributed by atoms with E-state index in [9.17, 15) is 4.79 Å². The molecule has 17 heavy (non-hydrogen) atoms. The van der Waals surface area contributed by atoms with E-state index in [0.29, 0.717) is 19.7 Å². The van der Waals surface area contributed by atoms with Gasteiger partial charge in [0, 0.05) is 18.3 Å². The second-order valence-corrected chi connectivity index (χ2v) is 3.85. The Morgan fingerprint density at radius 3 is 3.12 bits per heavy atom. The highest BCUT2D eigenvalue weighted by Crippen LogP contribution is 2.22. The van der Waals surface area contributed by atoms with Crippen molar-refractivity contribution in [2.75, 3.05) is 31.7 Å². The molecule has 1 heterocycles. The van der Waals surface area contributed by atoms with Gasteiger partial charge >= 0.3 is 5.97 Å². The van der Waals surface area contributed by atoms with Gasteiger partial charge in [0.25, 0.3) is 0 Å². The molecule has 1 fully saturated rings. The first-order chi connectivity index (χ1) is 8.20. The zero-order valence-corrected chi connectivity index (χ0v) is 9.63. The molecule has 0 spiro atoms. The third-order valence-electron chi connectivity index (χ3n) is 2.76. The topological polar surface area (TPSA) is 59.0 Å². The second kappa shape index (κ2) is 5.05. The van der Waals surface area contributed by atoms with Crippen LogP contribution in [0, 0.1) is 0 Å². The van der Waals surface area contributed by atoms with Gasteiger partial charge in [-0.25, -0.2) is 4.79 Å². The summed E-state index contributed by atoms with van der Waals surface area (Å²) in [5, 5.41) is 8.93. The molecule has 0 aromatic heterocycles. The van der Waals surface area contributed by atoms with Crippen LogP contribution in [-0.4, -0.2) is 44.0 Å². The highest BCUT2D eigenvalue weighted by molar-refractivity contribution is 5.73. The lowest BCUT2D eigenvalue weighted by molar-refractivity contribution is -0.150. The van der Waals surface area contributed by atoms with Crippen LogP contribution in [0.1, 0.15) is 0 Å². The molecular formula is C12H15NO4. The van der Waals surface area contributed by atoms with Crippen molar-refractivity contribution in [1.82, 2.24) is 0 Å². The zero-order valence-electron chi connectivity index (χ0n) is 9.63. The van der Waals surface area contributed by atoms with Crippen LogP contribution in [0.4, 0.5) is 5.69 Å². The van der Waals surface area contributed by atoms with E-state index in [1.54, 1.807) is 7.11 Å². The molecule has 1 aromatic rings. The summed E-state index contributed by atoms with van der Waals surface area (Å²) in [5.41, 5.74) is 0.957. The molecule has 1 aliphatic rings. The minimum Gasteiger partial charge on any atom is -0.497 e. The number of methoxy groups -OCH3 is 1. The largest absolute Gasteiger partial charge is 0.497 e. The number of ether oxygens (including phenoxy) is 2. The normalized spacial score (nSPS) is 20.1. The summed E-state index contributed by atoms with van der Waals surface area (Å²) < 4.78 is 10.3. The monoisotopic (exact) mass is 237 g/mol. The molecule has 1 atom stereocenters. The Kier molecular flexibility index (Phi) is 3.49. The van der Waals surface area contributed by atoms with E-state index < -0.39 is 12.1 Å². The van der Waals surface area contributed by atoms with Gasteiger partial charge in [-0.15, -0.1) is 0 Å². The summed E-state index contributed by atoms with van der Waals surface area (Å²) in [6, 6.07) is 7.58. The number of anilines is 1. The number of rotatable bonds is 3. The maximum absolute atomic E-state index is 10.9. The van der Waals surface area contributed by atoms with E-state index in [1.165, 1.54) is 0 Å². The smallest absolute Gasteiger partial charge is 0.334 e. The van der Waals surface area contributed by atoms with Crippen LogP contribution in [-0.2, 0) is 9.53 Å². The van der Waals surface area contributed by atoms with Crippen molar-refractivity contribution in [1.29, 1.82) is 0 Å². The predicted molar refractivity (Wildman–Crippen MR) is 62.6 cm³/mol. The van der Waals surface area contributed by atoms with Gasteiger partial charge in [-0.05, 0) is 12.1 Å². The predicted octanol–water partition coefficient (Wildman–Crippen LogP) is 0.985. The van der Waals surface area contributed by atoms with E-state index in [-0.39, 0.29) is 0 Å². The molecule has 0 amide bonds. The molecule has 92 valence electrons. The van der Waals surface area contributed by atoms with Crippen molar-refractivity contribution in [2.45, 2.75) is 6.10 Å². The maximum Gasteiger partial charge on any atom is 0.334 e. The fraction of sp³-hybridized carbons (Fsp3) is 0.417. The van der Waals surface area contributed by atoms with Crippen LogP contribution < -0.4 is 9.64 Å². The first-order valence-electron chi connectivity index (χ1n) is 5.44. The Morgan fingerprint density at radius 2 is 2.41 bits per heavy atom. The lowest BCUT2D eigenvalue weighted by Crippen LogP contribution is -2.46. The van der Waals surface area contributed by atoms with Crippen LogP contribution >= 0.6 is 0 Å². The van der Waals surface area contributed by atoms with Crippen molar-refractivity contribution in [3.05, 3.63) is 24.3 Å². The van der Waals surface area contributed by atoms with Crippen LogP contribution in [0.25, 0.3) is 0 Å². The van der Waals surface area contributed by atoms with E-state index in [0.717, 1.165) is 11.4 Å². The summed E-state index contributed by atoms with van der Waals surface area (Å²) in [6.45, 7) is 1.48. The van der Waals surface area contributed by atoms with Crippen LogP contribution in [0.3, 0.4) is 0 Å². The summed E-state index contributed by atoms with van der Waals surface area (Å²) in [7, 11) is 1.61. The molecule has 5 heteroatoms. The Labute approximate surface area is 99.6 Å². The Hall–Kier alpha value is -1.75. The van der Waals surface area contributed by atoms with E-state index in [1.807, 2.05) is 29.2 Å². The highest BCUT2D eigenvalue weighted by atomic mass is 16.5. The van der Waals surface area contributed by atoms with Crippen molar-refractivity contribution < 1.29 is 19.4 Å².